The van der Waals surface area contributed by atoms with Crippen molar-refractivity contribution in [2.75, 3.05) is 0 Å². The summed E-state index contributed by atoms with van der Waals surface area (Å²) in [6.45, 7) is 2.25. The Kier molecular flexibility index (Phi) is 2.99. The molecule has 1 aliphatic rings. The molecule has 1 aromatic rings. The van der Waals surface area contributed by atoms with Gasteiger partial charge < -0.3 is 0 Å². The third-order valence-electron chi connectivity index (χ3n) is 3.59. The molecule has 0 aliphatic heterocycles. The number of hydrogen-bond acceptors (Lipinski definition) is 2. The summed E-state index contributed by atoms with van der Waals surface area (Å²) in [5, 5.41) is 0. The first-order valence-electron chi connectivity index (χ1n) is 5.88. The molecule has 0 aromatic carbocycles. The van der Waals surface area contributed by atoms with Crippen molar-refractivity contribution < 1.29 is 0 Å². The summed E-state index contributed by atoms with van der Waals surface area (Å²) >= 11 is 0. The van der Waals surface area contributed by atoms with Crippen LogP contribution in [-0.4, -0.2) is 9.13 Å². The molecule has 0 bridgehead atoms. The van der Waals surface area contributed by atoms with Crippen LogP contribution >= 0.6 is 0 Å². The molecule has 0 unspecified atom stereocenters. The van der Waals surface area contributed by atoms with Crippen LogP contribution < -0.4 is 11.2 Å². The van der Waals surface area contributed by atoms with Gasteiger partial charge in [0.15, 0.2) is 0 Å². The quantitative estimate of drug-likeness (QED) is 0.719. The van der Waals surface area contributed by atoms with Gasteiger partial charge in [-0.05, 0) is 31.6 Å². The van der Waals surface area contributed by atoms with Gasteiger partial charge in [0.1, 0.15) is 0 Å². The van der Waals surface area contributed by atoms with Gasteiger partial charge in [0.05, 0.1) is 0 Å². The van der Waals surface area contributed by atoms with E-state index in [0.717, 1.165) is 18.8 Å². The van der Waals surface area contributed by atoms with Gasteiger partial charge in [0.2, 0.25) is 0 Å². The summed E-state index contributed by atoms with van der Waals surface area (Å²) in [5.74, 6) is 0.763. The Balaban J connectivity index is 2.31. The van der Waals surface area contributed by atoms with Crippen LogP contribution in [0.25, 0.3) is 0 Å². The molecular weight excluding hydrogens is 204 g/mol. The van der Waals surface area contributed by atoms with Crippen LogP contribution in [0.1, 0.15) is 38.6 Å². The Bertz CT molecular complexity index is 479. The molecule has 0 radical (unpaired) electrons. The molecule has 0 spiro atoms. The largest absolute Gasteiger partial charge is 0.330 e. The predicted octanol–water partition coefficient (Wildman–Crippen LogP) is 1.30. The van der Waals surface area contributed by atoms with Crippen LogP contribution in [0, 0.1) is 5.92 Å². The van der Waals surface area contributed by atoms with E-state index in [4.69, 9.17) is 0 Å². The highest BCUT2D eigenvalue weighted by Crippen LogP contribution is 2.30. The third-order valence-corrected chi connectivity index (χ3v) is 3.59. The van der Waals surface area contributed by atoms with Gasteiger partial charge in [-0.1, -0.05) is 6.92 Å². The third kappa shape index (κ3) is 1.96. The van der Waals surface area contributed by atoms with Crippen molar-refractivity contribution in [1.29, 1.82) is 0 Å². The Morgan fingerprint density at radius 1 is 1.19 bits per heavy atom. The molecule has 2 rings (SSSR count). The molecule has 0 amide bonds. The lowest BCUT2D eigenvalue weighted by Crippen LogP contribution is -2.39. The highest BCUT2D eigenvalue weighted by atomic mass is 16.2. The maximum atomic E-state index is 11.9. The van der Waals surface area contributed by atoms with E-state index in [1.165, 1.54) is 30.5 Å². The molecule has 88 valence electrons. The number of rotatable bonds is 1. The van der Waals surface area contributed by atoms with Crippen LogP contribution in [0.4, 0.5) is 0 Å². The maximum Gasteiger partial charge on any atom is 0.330 e. The van der Waals surface area contributed by atoms with Crippen molar-refractivity contribution in [2.45, 2.75) is 38.6 Å². The second-order valence-corrected chi connectivity index (χ2v) is 4.82. The molecular formula is C12H18N2O2. The molecule has 4 nitrogen and oxygen atoms in total. The van der Waals surface area contributed by atoms with Gasteiger partial charge in [0.25, 0.3) is 5.56 Å². The van der Waals surface area contributed by atoms with Crippen LogP contribution in [-0.2, 0) is 7.05 Å². The molecule has 1 saturated carbocycles. The van der Waals surface area contributed by atoms with Crippen molar-refractivity contribution in [3.8, 4) is 0 Å². The van der Waals surface area contributed by atoms with E-state index in [2.05, 4.69) is 6.92 Å². The van der Waals surface area contributed by atoms with E-state index in [1.807, 2.05) is 0 Å². The monoisotopic (exact) mass is 222 g/mol. The predicted molar refractivity (Wildman–Crippen MR) is 62.6 cm³/mol. The minimum Gasteiger partial charge on any atom is -0.297 e. The van der Waals surface area contributed by atoms with Gasteiger partial charge >= 0.3 is 5.69 Å². The molecule has 1 heterocycles. The van der Waals surface area contributed by atoms with E-state index in [-0.39, 0.29) is 17.3 Å². The van der Waals surface area contributed by atoms with E-state index >= 15 is 0 Å². The zero-order valence-electron chi connectivity index (χ0n) is 9.85. The highest BCUT2D eigenvalue weighted by molar-refractivity contribution is 4.89. The van der Waals surface area contributed by atoms with Crippen molar-refractivity contribution >= 4 is 0 Å². The summed E-state index contributed by atoms with van der Waals surface area (Å²) in [6, 6.07) is 1.75. The average Bonchev–Trinajstić information content (AvgIpc) is 2.28. The van der Waals surface area contributed by atoms with Crippen LogP contribution in [0.15, 0.2) is 21.9 Å². The standard InChI is InChI=1S/C12H18N2O2/c1-9-3-5-10(6-4-9)14-8-7-11(15)13(2)12(14)16/h7-10H,3-6H2,1-2H3. The molecule has 16 heavy (non-hydrogen) atoms. The van der Waals surface area contributed by atoms with Gasteiger partial charge in [-0.25, -0.2) is 4.79 Å². The number of nitrogens with zero attached hydrogens (tertiary/aromatic N) is 2. The second-order valence-electron chi connectivity index (χ2n) is 4.82. The first kappa shape index (κ1) is 11.2. The Morgan fingerprint density at radius 3 is 2.44 bits per heavy atom. The van der Waals surface area contributed by atoms with Gasteiger partial charge in [-0.3, -0.25) is 13.9 Å². The molecule has 1 aliphatic carbocycles. The summed E-state index contributed by atoms with van der Waals surface area (Å²) in [6.07, 6.45) is 6.06. The average molecular weight is 222 g/mol. The van der Waals surface area contributed by atoms with Crippen molar-refractivity contribution in [3.63, 3.8) is 0 Å². The Labute approximate surface area is 94.5 Å². The number of hydrogen-bond donors (Lipinski definition) is 0. The lowest BCUT2D eigenvalue weighted by atomic mass is 9.87. The normalized spacial score (nSPS) is 25.6. The van der Waals surface area contributed by atoms with Crippen molar-refractivity contribution in [3.05, 3.63) is 33.1 Å². The minimum absolute atomic E-state index is 0.188. The summed E-state index contributed by atoms with van der Waals surface area (Å²) in [5.41, 5.74) is -0.419. The minimum atomic E-state index is -0.231. The van der Waals surface area contributed by atoms with Gasteiger partial charge in [-0.2, -0.15) is 0 Å². The lowest BCUT2D eigenvalue weighted by molar-refractivity contribution is 0.280. The Hall–Kier alpha value is -1.32. The van der Waals surface area contributed by atoms with E-state index < -0.39 is 0 Å². The molecule has 0 saturated heterocycles. The SMILES string of the molecule is CC1CCC(n2ccc(=O)n(C)c2=O)CC1. The summed E-state index contributed by atoms with van der Waals surface area (Å²) < 4.78 is 2.89. The second kappa shape index (κ2) is 4.28. The smallest absolute Gasteiger partial charge is 0.297 e. The zero-order valence-corrected chi connectivity index (χ0v) is 9.85. The van der Waals surface area contributed by atoms with Crippen LogP contribution in [0.3, 0.4) is 0 Å². The van der Waals surface area contributed by atoms with E-state index in [0.29, 0.717) is 0 Å². The molecule has 1 aromatic heterocycles. The first-order valence-corrected chi connectivity index (χ1v) is 5.88. The molecule has 0 atom stereocenters. The molecule has 0 N–H and O–H groups in total. The summed E-state index contributed by atoms with van der Waals surface area (Å²) in [4.78, 5) is 23.2. The van der Waals surface area contributed by atoms with Gasteiger partial charge in [-0.15, -0.1) is 0 Å². The van der Waals surface area contributed by atoms with Crippen molar-refractivity contribution in [1.82, 2.24) is 9.13 Å². The summed E-state index contributed by atoms with van der Waals surface area (Å²) in [7, 11) is 1.53. The zero-order chi connectivity index (χ0) is 11.7. The fourth-order valence-corrected chi connectivity index (χ4v) is 2.39. The van der Waals surface area contributed by atoms with Crippen LogP contribution in [0.2, 0.25) is 0 Å². The molecule has 4 heteroatoms. The van der Waals surface area contributed by atoms with Crippen LogP contribution in [0.5, 0.6) is 0 Å². The number of aromatic nitrogens is 2. The van der Waals surface area contributed by atoms with E-state index in [9.17, 15) is 9.59 Å². The fraction of sp³-hybridized carbons (Fsp3) is 0.667. The highest BCUT2D eigenvalue weighted by Gasteiger charge is 2.20. The van der Waals surface area contributed by atoms with Gasteiger partial charge in [0, 0.05) is 25.4 Å². The topological polar surface area (TPSA) is 44.0 Å². The van der Waals surface area contributed by atoms with Crippen molar-refractivity contribution in [2.24, 2.45) is 13.0 Å². The molecule has 1 fully saturated rings. The van der Waals surface area contributed by atoms with E-state index in [1.54, 1.807) is 10.8 Å². The Morgan fingerprint density at radius 2 is 1.81 bits per heavy atom. The first-order chi connectivity index (χ1) is 7.59. The maximum absolute atomic E-state index is 11.9. The lowest BCUT2D eigenvalue weighted by Gasteiger charge is -2.27. The fourth-order valence-electron chi connectivity index (χ4n) is 2.39.